The number of benzene rings is 4. The third-order valence-electron chi connectivity index (χ3n) is 8.24. The van der Waals surface area contributed by atoms with E-state index in [1.807, 2.05) is 47.2 Å². The van der Waals surface area contributed by atoms with Crippen LogP contribution in [0.3, 0.4) is 0 Å². The molecule has 4 aromatic carbocycles. The molecule has 1 aromatic heterocycles. The highest BCUT2D eigenvalue weighted by atomic mass is 35.5. The van der Waals surface area contributed by atoms with E-state index in [2.05, 4.69) is 74.6 Å². The third kappa shape index (κ3) is 9.43. The van der Waals surface area contributed by atoms with Gasteiger partial charge in [-0.25, -0.2) is 4.79 Å². The van der Waals surface area contributed by atoms with Crippen LogP contribution in [0.15, 0.2) is 121 Å². The van der Waals surface area contributed by atoms with E-state index < -0.39 is 9.04 Å². The highest BCUT2D eigenvalue weighted by Gasteiger charge is 2.33. The first-order valence-corrected chi connectivity index (χ1v) is 18.7. The lowest BCUT2D eigenvalue weighted by molar-refractivity contribution is -0.116. The summed E-state index contributed by atoms with van der Waals surface area (Å²) in [5.41, 5.74) is 3.46. The van der Waals surface area contributed by atoms with Gasteiger partial charge in [-0.1, -0.05) is 117 Å². The van der Waals surface area contributed by atoms with Crippen LogP contribution in [0.1, 0.15) is 54.9 Å². The smallest absolute Gasteiger partial charge is 0.338 e. The van der Waals surface area contributed by atoms with Gasteiger partial charge in [-0.2, -0.15) is 0 Å². The molecule has 0 aliphatic carbocycles. The van der Waals surface area contributed by atoms with E-state index in [0.29, 0.717) is 28.6 Å². The zero-order chi connectivity index (χ0) is 35.7. The predicted octanol–water partition coefficient (Wildman–Crippen LogP) is 8.07. The second kappa shape index (κ2) is 17.0. The number of ether oxygens (including phenoxy) is 1. The fraction of sp³-hybridized carbons (Fsp3) is 0.220. The number of nitrogens with zero attached hydrogens (tertiary/aromatic N) is 1. The summed E-state index contributed by atoms with van der Waals surface area (Å²) in [4.78, 5) is 24.7. The average Bonchev–Trinajstić information content (AvgIpc) is 3.58. The van der Waals surface area contributed by atoms with Gasteiger partial charge in [0.1, 0.15) is 0 Å². The first-order valence-electron chi connectivity index (χ1n) is 16.6. The second-order valence-electron chi connectivity index (χ2n) is 12.9. The molecule has 0 bridgehead atoms. The number of hydrogen-bond acceptors (Lipinski definition) is 4. The molecule has 5 aromatic rings. The van der Waals surface area contributed by atoms with Crippen LogP contribution in [0.4, 0.5) is 0 Å². The fourth-order valence-electron chi connectivity index (χ4n) is 5.44. The summed E-state index contributed by atoms with van der Waals surface area (Å²) in [5.74, 6) is -0.630. The van der Waals surface area contributed by atoms with Gasteiger partial charge in [0.25, 0.3) is 9.04 Å². The van der Waals surface area contributed by atoms with Crippen LogP contribution in [0.2, 0.25) is 10.0 Å². The van der Waals surface area contributed by atoms with Crippen LogP contribution in [0.5, 0.6) is 0 Å². The summed E-state index contributed by atoms with van der Waals surface area (Å²) < 4.78 is 14.1. The van der Waals surface area contributed by atoms with E-state index in [1.165, 1.54) is 16.4 Å². The average molecular weight is 725 g/mol. The summed E-state index contributed by atoms with van der Waals surface area (Å²) >= 11 is 14.1. The van der Waals surface area contributed by atoms with Gasteiger partial charge in [0, 0.05) is 29.4 Å². The van der Waals surface area contributed by atoms with Crippen molar-refractivity contribution in [2.75, 3.05) is 6.61 Å². The van der Waals surface area contributed by atoms with Crippen LogP contribution < -0.4 is 15.7 Å². The Kier molecular flexibility index (Phi) is 12.5. The highest BCUT2D eigenvalue weighted by Crippen LogP contribution is 2.36. The van der Waals surface area contributed by atoms with Crippen molar-refractivity contribution in [2.24, 2.45) is 5.41 Å². The van der Waals surface area contributed by atoms with Crippen molar-refractivity contribution >= 4 is 60.6 Å². The minimum atomic E-state index is -1.59. The normalized spacial score (nSPS) is 12.3. The molecule has 9 heteroatoms. The van der Waals surface area contributed by atoms with Gasteiger partial charge >= 0.3 is 5.97 Å². The molecule has 0 fully saturated rings. The molecule has 50 heavy (non-hydrogen) atoms. The van der Waals surface area contributed by atoms with Gasteiger partial charge in [-0.15, -0.1) is 0 Å². The van der Waals surface area contributed by atoms with E-state index in [9.17, 15) is 9.59 Å². The van der Waals surface area contributed by atoms with Gasteiger partial charge < -0.3 is 19.0 Å². The number of carbonyl (C=O) groups excluding carboxylic acids is 2. The van der Waals surface area contributed by atoms with Gasteiger partial charge in [-0.05, 0) is 76.3 Å². The quantitative estimate of drug-likeness (QED) is 0.0758. The predicted molar refractivity (Wildman–Crippen MR) is 205 cm³/mol. The van der Waals surface area contributed by atoms with Crippen molar-refractivity contribution in [3.8, 4) is 5.69 Å². The van der Waals surface area contributed by atoms with E-state index >= 15 is 0 Å². The molecular weight excluding hydrogens is 683 g/mol. The van der Waals surface area contributed by atoms with E-state index in [1.54, 1.807) is 37.3 Å². The molecule has 6 nitrogen and oxygen atoms in total. The van der Waals surface area contributed by atoms with E-state index in [4.69, 9.17) is 32.4 Å². The zero-order valence-corrected chi connectivity index (χ0v) is 31.2. The Balaban J connectivity index is 1.33. The summed E-state index contributed by atoms with van der Waals surface area (Å²) in [6.45, 7) is 8.89. The molecule has 0 aliphatic heterocycles. The molecule has 1 amide bonds. The lowest BCUT2D eigenvalue weighted by Crippen LogP contribution is -2.50. The maximum atomic E-state index is 12.8. The highest BCUT2D eigenvalue weighted by molar-refractivity contribution is 6.80. The van der Waals surface area contributed by atoms with Crippen LogP contribution in [0.25, 0.3) is 11.8 Å². The molecule has 0 aliphatic rings. The van der Waals surface area contributed by atoms with Gasteiger partial charge in [0.05, 0.1) is 35.5 Å². The van der Waals surface area contributed by atoms with E-state index in [-0.39, 0.29) is 29.9 Å². The molecule has 0 spiro atoms. The standard InChI is InChI=1S/C41H41Cl2N2O4Si/c1-5-48-40(47)30-21-18-29(19-22-30)20-25-38(46)44-28-31-13-12-26-45(31)36-24-23-35(42)34(39(36)43)27-37(41(2,3)4)49-50(32-14-8-6-9-15-32)33-16-10-7-11-17-33/h6-26,37H,5,27-28H2,1-4H3,(H,44,46). The summed E-state index contributed by atoms with van der Waals surface area (Å²) in [7, 11) is -1.59. The van der Waals surface area contributed by atoms with Crippen LogP contribution >= 0.6 is 23.2 Å². The summed E-state index contributed by atoms with van der Waals surface area (Å²) in [6.07, 6.45) is 5.40. The van der Waals surface area contributed by atoms with Gasteiger partial charge in [0.15, 0.2) is 0 Å². The Morgan fingerprint density at radius 3 is 2.10 bits per heavy atom. The van der Waals surface area contributed by atoms with Crippen molar-refractivity contribution in [1.29, 1.82) is 0 Å². The Bertz CT molecular complexity index is 1880. The van der Waals surface area contributed by atoms with Crippen LogP contribution in [-0.2, 0) is 26.9 Å². The summed E-state index contributed by atoms with van der Waals surface area (Å²) in [6, 6.07) is 35.3. The minimum Gasteiger partial charge on any atom is -0.462 e. The maximum Gasteiger partial charge on any atom is 0.338 e. The number of esters is 1. The molecule has 0 saturated heterocycles. The number of aromatic nitrogens is 1. The van der Waals surface area contributed by atoms with Gasteiger partial charge in [-0.3, -0.25) is 4.79 Å². The number of rotatable bonds is 13. The Hall–Kier alpha value is -4.40. The second-order valence-corrected chi connectivity index (χ2v) is 15.7. The Morgan fingerprint density at radius 2 is 1.50 bits per heavy atom. The number of hydrogen-bond donors (Lipinski definition) is 1. The number of halogens is 2. The molecule has 5 rings (SSSR count). The number of nitrogens with one attached hydrogen (secondary N) is 1. The number of carbonyl (C=O) groups is 2. The van der Waals surface area contributed by atoms with Crippen molar-refractivity contribution in [3.63, 3.8) is 0 Å². The minimum absolute atomic E-state index is 0.196. The molecule has 1 heterocycles. The first kappa shape index (κ1) is 36.9. The van der Waals surface area contributed by atoms with Crippen LogP contribution in [0, 0.1) is 5.41 Å². The Morgan fingerprint density at radius 1 is 0.860 bits per heavy atom. The molecule has 257 valence electrons. The monoisotopic (exact) mass is 723 g/mol. The molecule has 1 N–H and O–H groups in total. The summed E-state index contributed by atoms with van der Waals surface area (Å²) in [5, 5.41) is 6.41. The largest absolute Gasteiger partial charge is 0.462 e. The third-order valence-corrected chi connectivity index (χ3v) is 11.3. The fourth-order valence-corrected chi connectivity index (χ4v) is 8.37. The molecule has 1 atom stereocenters. The van der Waals surface area contributed by atoms with E-state index in [0.717, 1.165) is 22.5 Å². The molecule has 1 radical (unpaired) electrons. The molecule has 1 unspecified atom stereocenters. The zero-order valence-electron chi connectivity index (χ0n) is 28.7. The van der Waals surface area contributed by atoms with Crippen LogP contribution in [-0.4, -0.2) is 38.2 Å². The Labute approximate surface area is 306 Å². The van der Waals surface area contributed by atoms with Crippen molar-refractivity contribution in [2.45, 2.75) is 46.8 Å². The lowest BCUT2D eigenvalue weighted by atomic mass is 9.85. The topological polar surface area (TPSA) is 69.6 Å². The first-order chi connectivity index (χ1) is 24.0. The lowest BCUT2D eigenvalue weighted by Gasteiger charge is -2.35. The van der Waals surface area contributed by atoms with Crippen molar-refractivity contribution in [3.05, 3.63) is 154 Å². The molecule has 0 saturated carbocycles. The van der Waals surface area contributed by atoms with Crippen molar-refractivity contribution < 1.29 is 18.8 Å². The van der Waals surface area contributed by atoms with Crippen molar-refractivity contribution in [1.82, 2.24) is 9.88 Å². The van der Waals surface area contributed by atoms with Gasteiger partial charge in [0.2, 0.25) is 5.91 Å². The SMILES string of the molecule is CCOC(=O)c1ccc(C=CC(=O)NCc2cccn2-c2ccc(Cl)c(CC(O[Si](c3ccccc3)c3ccccc3)C(C)(C)C)c2Cl)cc1. The number of amides is 1. The molecular formula is C41H41Cl2N2O4Si. The maximum absolute atomic E-state index is 12.8.